The van der Waals surface area contributed by atoms with E-state index in [1.54, 1.807) is 6.92 Å². The van der Waals surface area contributed by atoms with Crippen LogP contribution in [0.1, 0.15) is 13.3 Å². The highest BCUT2D eigenvalue weighted by atomic mass is 16.2. The average Bonchev–Trinajstić information content (AvgIpc) is 1.85. The first-order chi connectivity index (χ1) is 4.72. The van der Waals surface area contributed by atoms with Gasteiger partial charge in [0.25, 0.3) is 0 Å². The zero-order valence-corrected chi connectivity index (χ0v) is 5.59. The van der Waals surface area contributed by atoms with Gasteiger partial charge in [-0.3, -0.25) is 0 Å². The quantitative estimate of drug-likeness (QED) is 0.526. The van der Waals surface area contributed by atoms with Crippen LogP contribution in [0.2, 0.25) is 0 Å². The Balaban J connectivity index is 2.72. The van der Waals surface area contributed by atoms with Crippen molar-refractivity contribution in [2.24, 2.45) is 4.99 Å². The molecule has 4 nitrogen and oxygen atoms in total. The lowest BCUT2D eigenvalue weighted by molar-refractivity contribution is 0.246. The number of nitriles is 1. The van der Waals surface area contributed by atoms with E-state index in [2.05, 4.69) is 10.3 Å². The number of amides is 2. The minimum atomic E-state index is -0.407. The molecule has 4 heteroatoms. The molecular formula is C6H7N3O. The number of rotatable bonds is 0. The number of carbonyl (C=O) groups excluding carboxylic acids is 1. The molecule has 0 saturated carbocycles. The van der Waals surface area contributed by atoms with E-state index in [9.17, 15) is 4.79 Å². The van der Waals surface area contributed by atoms with Crippen molar-refractivity contribution in [1.29, 1.82) is 5.26 Å². The van der Waals surface area contributed by atoms with Crippen LogP contribution in [-0.2, 0) is 0 Å². The number of hydrogen-bond donors (Lipinski definition) is 1. The van der Waals surface area contributed by atoms with Gasteiger partial charge >= 0.3 is 6.03 Å². The highest BCUT2D eigenvalue weighted by molar-refractivity contribution is 5.96. The summed E-state index contributed by atoms with van der Waals surface area (Å²) >= 11 is 0. The van der Waals surface area contributed by atoms with Gasteiger partial charge in [-0.25, -0.2) is 9.79 Å². The molecule has 1 aliphatic rings. The summed E-state index contributed by atoms with van der Waals surface area (Å²) in [5.41, 5.74) is 0.718. The molecule has 0 spiro atoms. The first-order valence-electron chi connectivity index (χ1n) is 2.96. The Labute approximate surface area is 58.6 Å². The number of nitrogens with one attached hydrogen (secondary N) is 1. The summed E-state index contributed by atoms with van der Waals surface area (Å²) < 4.78 is 0. The van der Waals surface area contributed by atoms with Crippen molar-refractivity contribution in [3.05, 3.63) is 0 Å². The first-order valence-corrected chi connectivity index (χ1v) is 2.96. The van der Waals surface area contributed by atoms with Gasteiger partial charge in [0.2, 0.25) is 0 Å². The van der Waals surface area contributed by atoms with Crippen molar-refractivity contribution in [2.45, 2.75) is 19.4 Å². The standard InChI is InChI=1S/C6H7N3O/c1-4-2-5(3-7)9-6(10)8-4/h5H,2H2,1H3,(H,9,10). The molecule has 1 rings (SSSR count). The molecule has 10 heavy (non-hydrogen) atoms. The second kappa shape index (κ2) is 2.48. The molecule has 0 aliphatic carbocycles. The van der Waals surface area contributed by atoms with Gasteiger partial charge in [0, 0.05) is 12.1 Å². The van der Waals surface area contributed by atoms with Gasteiger partial charge < -0.3 is 5.32 Å². The molecule has 0 aromatic heterocycles. The number of hydrogen-bond acceptors (Lipinski definition) is 2. The van der Waals surface area contributed by atoms with Gasteiger partial charge in [-0.2, -0.15) is 5.26 Å². The molecule has 0 aromatic rings. The summed E-state index contributed by atoms with van der Waals surface area (Å²) in [6.07, 6.45) is 0.544. The second-order valence-electron chi connectivity index (χ2n) is 2.18. The monoisotopic (exact) mass is 137 g/mol. The maximum absolute atomic E-state index is 10.6. The molecule has 0 fully saturated rings. The highest BCUT2D eigenvalue weighted by Gasteiger charge is 2.16. The van der Waals surface area contributed by atoms with E-state index in [-0.39, 0.29) is 6.04 Å². The zero-order valence-electron chi connectivity index (χ0n) is 5.59. The first kappa shape index (κ1) is 6.75. The van der Waals surface area contributed by atoms with Crippen molar-refractivity contribution in [3.8, 4) is 6.07 Å². The van der Waals surface area contributed by atoms with Crippen molar-refractivity contribution in [1.82, 2.24) is 5.32 Å². The minimum Gasteiger partial charge on any atom is -0.320 e. The van der Waals surface area contributed by atoms with Crippen LogP contribution in [0.5, 0.6) is 0 Å². The number of aliphatic imine (C=N–C) groups is 1. The molecule has 1 unspecified atom stereocenters. The van der Waals surface area contributed by atoms with Gasteiger partial charge in [0.05, 0.1) is 6.07 Å². The number of carbonyl (C=O) groups is 1. The molecule has 2 amide bonds. The maximum Gasteiger partial charge on any atom is 0.341 e. The van der Waals surface area contributed by atoms with Crippen molar-refractivity contribution in [2.75, 3.05) is 0 Å². The summed E-state index contributed by atoms with van der Waals surface area (Å²) in [7, 11) is 0. The molecule has 52 valence electrons. The van der Waals surface area contributed by atoms with E-state index in [0.717, 1.165) is 5.71 Å². The number of nitrogens with zero attached hydrogens (tertiary/aromatic N) is 2. The fraction of sp³-hybridized carbons (Fsp3) is 0.500. The van der Waals surface area contributed by atoms with Crippen molar-refractivity contribution >= 4 is 11.7 Å². The summed E-state index contributed by atoms with van der Waals surface area (Å²) in [5.74, 6) is 0. The van der Waals surface area contributed by atoms with Crippen LogP contribution < -0.4 is 5.32 Å². The summed E-state index contributed by atoms with van der Waals surface area (Å²) in [6.45, 7) is 1.74. The Bertz CT molecular complexity index is 226. The minimum absolute atomic E-state index is 0.384. The summed E-state index contributed by atoms with van der Waals surface area (Å²) in [6, 6.07) is 1.16. The second-order valence-corrected chi connectivity index (χ2v) is 2.18. The largest absolute Gasteiger partial charge is 0.341 e. The Kier molecular flexibility index (Phi) is 1.67. The van der Waals surface area contributed by atoms with E-state index in [0.29, 0.717) is 6.42 Å². The van der Waals surface area contributed by atoms with Crippen molar-refractivity contribution < 1.29 is 4.79 Å². The smallest absolute Gasteiger partial charge is 0.320 e. The van der Waals surface area contributed by atoms with Crippen LogP contribution in [0.15, 0.2) is 4.99 Å². The maximum atomic E-state index is 10.6. The third-order valence-electron chi connectivity index (χ3n) is 1.25. The number of urea groups is 1. The third-order valence-corrected chi connectivity index (χ3v) is 1.25. The van der Waals surface area contributed by atoms with Crippen LogP contribution in [-0.4, -0.2) is 17.8 Å². The fourth-order valence-electron chi connectivity index (χ4n) is 0.825. The molecule has 1 heterocycles. The van der Waals surface area contributed by atoms with Crippen LogP contribution in [0.3, 0.4) is 0 Å². The molecule has 1 N–H and O–H groups in total. The highest BCUT2D eigenvalue weighted by Crippen LogP contribution is 2.00. The molecular weight excluding hydrogens is 130 g/mol. The third kappa shape index (κ3) is 1.32. The Morgan fingerprint density at radius 1 is 1.90 bits per heavy atom. The van der Waals surface area contributed by atoms with Crippen LogP contribution in [0.4, 0.5) is 4.79 Å². The van der Waals surface area contributed by atoms with Gasteiger partial charge in [-0.1, -0.05) is 0 Å². The van der Waals surface area contributed by atoms with E-state index < -0.39 is 6.03 Å². The summed E-state index contributed by atoms with van der Waals surface area (Å²) in [5, 5.41) is 10.8. The summed E-state index contributed by atoms with van der Waals surface area (Å²) in [4.78, 5) is 14.2. The van der Waals surface area contributed by atoms with Crippen LogP contribution in [0, 0.1) is 11.3 Å². The van der Waals surface area contributed by atoms with E-state index >= 15 is 0 Å². The van der Waals surface area contributed by atoms with Crippen molar-refractivity contribution in [3.63, 3.8) is 0 Å². The van der Waals surface area contributed by atoms with Crippen LogP contribution >= 0.6 is 0 Å². The molecule has 0 saturated heterocycles. The molecule has 1 atom stereocenters. The predicted molar refractivity (Wildman–Crippen MR) is 35.7 cm³/mol. The Hall–Kier alpha value is -1.37. The lowest BCUT2D eigenvalue weighted by Gasteiger charge is -2.13. The topological polar surface area (TPSA) is 65.2 Å². The molecule has 0 bridgehead atoms. The van der Waals surface area contributed by atoms with Gasteiger partial charge in [0.15, 0.2) is 0 Å². The van der Waals surface area contributed by atoms with Gasteiger partial charge in [0.1, 0.15) is 6.04 Å². The molecule has 0 aromatic carbocycles. The average molecular weight is 137 g/mol. The fourth-order valence-corrected chi connectivity index (χ4v) is 0.825. The van der Waals surface area contributed by atoms with E-state index in [1.807, 2.05) is 6.07 Å². The van der Waals surface area contributed by atoms with E-state index in [1.165, 1.54) is 0 Å². The normalized spacial score (nSPS) is 24.6. The molecule has 1 aliphatic heterocycles. The molecule has 0 radical (unpaired) electrons. The zero-order chi connectivity index (χ0) is 7.56. The van der Waals surface area contributed by atoms with Crippen LogP contribution in [0.25, 0.3) is 0 Å². The lowest BCUT2D eigenvalue weighted by atomic mass is 10.1. The van der Waals surface area contributed by atoms with Gasteiger partial charge in [-0.15, -0.1) is 0 Å². The predicted octanol–water partition coefficient (Wildman–Crippen LogP) is 0.453. The SMILES string of the molecule is CC1=NC(=O)NC(C#N)C1. The van der Waals surface area contributed by atoms with Gasteiger partial charge in [-0.05, 0) is 6.92 Å². The lowest BCUT2D eigenvalue weighted by Crippen LogP contribution is -2.37. The Morgan fingerprint density at radius 2 is 2.60 bits per heavy atom. The van der Waals surface area contributed by atoms with E-state index in [4.69, 9.17) is 5.26 Å². The Morgan fingerprint density at radius 3 is 3.10 bits per heavy atom.